The fourth-order valence-electron chi connectivity index (χ4n) is 3.42. The second-order valence-electron chi connectivity index (χ2n) is 6.60. The molecule has 1 aliphatic rings. The lowest BCUT2D eigenvalue weighted by Crippen LogP contribution is -2.12. The van der Waals surface area contributed by atoms with Gasteiger partial charge in [0.15, 0.2) is 5.82 Å². The van der Waals surface area contributed by atoms with Gasteiger partial charge < -0.3 is 9.47 Å². The first-order valence-corrected chi connectivity index (χ1v) is 9.82. The highest BCUT2D eigenvalue weighted by Gasteiger charge is 2.30. The molecule has 1 atom stereocenters. The number of aliphatic imine (C=N–C) groups is 1. The van der Waals surface area contributed by atoms with Crippen LogP contribution in [0.15, 0.2) is 51.9 Å². The van der Waals surface area contributed by atoms with Gasteiger partial charge in [0.1, 0.15) is 17.6 Å². The molecule has 2 heterocycles. The smallest absolute Gasteiger partial charge is 0.308 e. The van der Waals surface area contributed by atoms with Crippen LogP contribution in [0.4, 0.5) is 0 Å². The van der Waals surface area contributed by atoms with E-state index in [0.717, 1.165) is 27.0 Å². The van der Waals surface area contributed by atoms with Gasteiger partial charge in [-0.05, 0) is 37.3 Å². The van der Waals surface area contributed by atoms with Crippen molar-refractivity contribution in [2.24, 2.45) is 4.99 Å². The molecule has 1 unspecified atom stereocenters. The first-order valence-electron chi connectivity index (χ1n) is 9.03. The molecule has 0 spiro atoms. The standard InChI is InChI=1S/C21H19BrN4O3/c1-12-24-25-21-17(11-19(27)29-3)23-20(13-4-6-14(22)7-5-13)16-10-15(28-2)8-9-18(16)26(12)21/h4-10,17H,11H2,1-3H3. The first kappa shape index (κ1) is 19.3. The number of fused-ring (bicyclic) bond motifs is 3. The van der Waals surface area contributed by atoms with Crippen LogP contribution in [0.2, 0.25) is 0 Å². The minimum atomic E-state index is -0.527. The molecule has 0 bridgehead atoms. The van der Waals surface area contributed by atoms with Crippen LogP contribution < -0.4 is 4.74 Å². The van der Waals surface area contributed by atoms with Gasteiger partial charge in [-0.1, -0.05) is 28.1 Å². The van der Waals surface area contributed by atoms with E-state index in [1.165, 1.54) is 7.11 Å². The summed E-state index contributed by atoms with van der Waals surface area (Å²) in [6.45, 7) is 1.88. The number of carbonyl (C=O) groups is 1. The second-order valence-corrected chi connectivity index (χ2v) is 7.52. The Balaban J connectivity index is 1.99. The third-order valence-corrected chi connectivity index (χ3v) is 5.37. The summed E-state index contributed by atoms with van der Waals surface area (Å²) in [6, 6.07) is 13.2. The van der Waals surface area contributed by atoms with Crippen LogP contribution in [0.5, 0.6) is 5.75 Å². The molecule has 0 radical (unpaired) electrons. The van der Waals surface area contributed by atoms with Crippen LogP contribution >= 0.6 is 15.9 Å². The van der Waals surface area contributed by atoms with Crippen LogP contribution in [0.3, 0.4) is 0 Å². The Kier molecular flexibility index (Phi) is 5.19. The molecule has 3 aromatic rings. The molecule has 0 amide bonds. The number of nitrogens with zero attached hydrogens (tertiary/aromatic N) is 4. The van der Waals surface area contributed by atoms with E-state index in [1.807, 2.05) is 54.0 Å². The molecule has 4 rings (SSSR count). The van der Waals surface area contributed by atoms with Gasteiger partial charge in [-0.2, -0.15) is 0 Å². The van der Waals surface area contributed by atoms with Gasteiger partial charge in [0, 0.05) is 15.6 Å². The highest BCUT2D eigenvalue weighted by atomic mass is 79.9. The quantitative estimate of drug-likeness (QED) is 0.560. The van der Waals surface area contributed by atoms with Gasteiger partial charge in [-0.3, -0.25) is 14.4 Å². The number of rotatable bonds is 4. The predicted octanol–water partition coefficient (Wildman–Crippen LogP) is 3.80. The molecule has 0 saturated carbocycles. The zero-order valence-corrected chi connectivity index (χ0v) is 17.8. The van der Waals surface area contributed by atoms with Crippen LogP contribution in [0, 0.1) is 6.92 Å². The average molecular weight is 455 g/mol. The molecule has 0 N–H and O–H groups in total. The summed E-state index contributed by atoms with van der Waals surface area (Å²) in [6.07, 6.45) is 0.0692. The molecule has 1 aromatic heterocycles. The Morgan fingerprint density at radius 3 is 2.59 bits per heavy atom. The summed E-state index contributed by atoms with van der Waals surface area (Å²) in [5.74, 6) is 1.68. The third-order valence-electron chi connectivity index (χ3n) is 4.84. The Morgan fingerprint density at radius 2 is 1.90 bits per heavy atom. The lowest BCUT2D eigenvalue weighted by Gasteiger charge is -2.14. The van der Waals surface area contributed by atoms with Crippen LogP contribution in [0.25, 0.3) is 5.69 Å². The van der Waals surface area contributed by atoms with Crippen molar-refractivity contribution >= 4 is 27.6 Å². The summed E-state index contributed by atoms with van der Waals surface area (Å²) < 4.78 is 13.3. The fourth-order valence-corrected chi connectivity index (χ4v) is 3.68. The van der Waals surface area contributed by atoms with E-state index in [1.54, 1.807) is 7.11 Å². The molecule has 0 saturated heterocycles. The topological polar surface area (TPSA) is 78.6 Å². The van der Waals surface area contributed by atoms with E-state index in [-0.39, 0.29) is 12.4 Å². The van der Waals surface area contributed by atoms with E-state index in [9.17, 15) is 4.79 Å². The highest BCUT2D eigenvalue weighted by molar-refractivity contribution is 9.10. The summed E-state index contributed by atoms with van der Waals surface area (Å²) in [7, 11) is 3.00. The van der Waals surface area contributed by atoms with Gasteiger partial charge in [-0.25, -0.2) is 0 Å². The van der Waals surface area contributed by atoms with E-state index in [0.29, 0.717) is 17.4 Å². The second kappa shape index (κ2) is 7.79. The van der Waals surface area contributed by atoms with Gasteiger partial charge >= 0.3 is 5.97 Å². The molecular weight excluding hydrogens is 436 g/mol. The van der Waals surface area contributed by atoms with Gasteiger partial charge in [0.25, 0.3) is 0 Å². The van der Waals surface area contributed by atoms with E-state index >= 15 is 0 Å². The zero-order chi connectivity index (χ0) is 20.5. The molecular formula is C21H19BrN4O3. The predicted molar refractivity (Wildman–Crippen MR) is 112 cm³/mol. The molecule has 29 heavy (non-hydrogen) atoms. The maximum atomic E-state index is 12.1. The third kappa shape index (κ3) is 3.55. The molecule has 1 aliphatic heterocycles. The lowest BCUT2D eigenvalue weighted by atomic mass is 10.00. The summed E-state index contributed by atoms with van der Waals surface area (Å²) in [5, 5.41) is 8.56. The van der Waals surface area contributed by atoms with Crippen molar-refractivity contribution in [2.75, 3.05) is 14.2 Å². The van der Waals surface area contributed by atoms with Crippen molar-refractivity contribution in [1.29, 1.82) is 0 Å². The monoisotopic (exact) mass is 454 g/mol. The molecule has 2 aromatic carbocycles. The van der Waals surface area contributed by atoms with Crippen LogP contribution in [-0.2, 0) is 9.53 Å². The largest absolute Gasteiger partial charge is 0.497 e. The normalized spacial score (nSPS) is 15.0. The first-order chi connectivity index (χ1) is 14.0. The Morgan fingerprint density at radius 1 is 1.14 bits per heavy atom. The highest BCUT2D eigenvalue weighted by Crippen LogP contribution is 2.34. The lowest BCUT2D eigenvalue weighted by molar-refractivity contribution is -0.141. The molecule has 0 aliphatic carbocycles. The van der Waals surface area contributed by atoms with Crippen LogP contribution in [-0.4, -0.2) is 40.7 Å². The van der Waals surface area contributed by atoms with Crippen molar-refractivity contribution in [1.82, 2.24) is 14.8 Å². The van der Waals surface area contributed by atoms with Crippen molar-refractivity contribution in [3.8, 4) is 11.4 Å². The van der Waals surface area contributed by atoms with Crippen LogP contribution in [0.1, 0.15) is 35.2 Å². The fraction of sp³-hybridized carbons (Fsp3) is 0.238. The minimum absolute atomic E-state index is 0.0692. The van der Waals surface area contributed by atoms with Crippen molar-refractivity contribution < 1.29 is 14.3 Å². The number of aryl methyl sites for hydroxylation is 1. The number of ether oxygens (including phenoxy) is 2. The minimum Gasteiger partial charge on any atom is -0.497 e. The van der Waals surface area contributed by atoms with Gasteiger partial charge in [0.2, 0.25) is 0 Å². The van der Waals surface area contributed by atoms with E-state index in [4.69, 9.17) is 14.5 Å². The number of methoxy groups -OCH3 is 2. The summed E-state index contributed by atoms with van der Waals surface area (Å²) >= 11 is 3.48. The summed E-state index contributed by atoms with van der Waals surface area (Å²) in [4.78, 5) is 17.1. The Bertz CT molecular complexity index is 1110. The Labute approximate surface area is 176 Å². The summed E-state index contributed by atoms with van der Waals surface area (Å²) in [5.41, 5.74) is 3.44. The number of benzene rings is 2. The molecule has 7 nitrogen and oxygen atoms in total. The van der Waals surface area contributed by atoms with Gasteiger partial charge in [0.05, 0.1) is 32.0 Å². The maximum Gasteiger partial charge on any atom is 0.308 e. The number of aromatic nitrogens is 3. The number of hydrogen-bond donors (Lipinski definition) is 0. The van der Waals surface area contributed by atoms with E-state index in [2.05, 4.69) is 26.1 Å². The van der Waals surface area contributed by atoms with Crippen molar-refractivity contribution in [3.63, 3.8) is 0 Å². The Hall–Kier alpha value is -3.00. The van der Waals surface area contributed by atoms with Crippen molar-refractivity contribution in [3.05, 3.63) is 69.7 Å². The van der Waals surface area contributed by atoms with Gasteiger partial charge in [-0.15, -0.1) is 10.2 Å². The zero-order valence-electron chi connectivity index (χ0n) is 16.2. The maximum absolute atomic E-state index is 12.1. The number of halogens is 1. The molecule has 0 fully saturated rings. The number of esters is 1. The van der Waals surface area contributed by atoms with E-state index < -0.39 is 6.04 Å². The number of hydrogen-bond acceptors (Lipinski definition) is 6. The average Bonchev–Trinajstić information content (AvgIpc) is 3.06. The molecule has 148 valence electrons. The number of carbonyl (C=O) groups excluding carboxylic acids is 1. The SMILES string of the molecule is COC(=O)CC1N=C(c2ccc(Br)cc2)c2cc(OC)ccc2-n2c(C)nnc21. The molecule has 8 heteroatoms. The van der Waals surface area contributed by atoms with Crippen molar-refractivity contribution in [2.45, 2.75) is 19.4 Å².